The number of aryl methyl sites for hydroxylation is 4. The molecule has 4 nitrogen and oxygen atoms in total. The molecule has 24 heavy (non-hydrogen) atoms. The second-order valence-electron chi connectivity index (χ2n) is 5.87. The SMILES string of the molecule is COC(=O)CCc1cc(CCc2cccc(C)c2)c(O)c(OC)c1. The highest BCUT2D eigenvalue weighted by molar-refractivity contribution is 5.69. The Hall–Kier alpha value is -2.49. The molecule has 0 unspecified atom stereocenters. The van der Waals surface area contributed by atoms with Gasteiger partial charge in [0.25, 0.3) is 0 Å². The van der Waals surface area contributed by atoms with Gasteiger partial charge in [0.2, 0.25) is 0 Å². The van der Waals surface area contributed by atoms with Crippen molar-refractivity contribution in [1.82, 2.24) is 0 Å². The summed E-state index contributed by atoms with van der Waals surface area (Å²) >= 11 is 0. The molecule has 0 atom stereocenters. The fraction of sp³-hybridized carbons (Fsp3) is 0.350. The predicted octanol–water partition coefficient (Wildman–Crippen LogP) is 3.60. The summed E-state index contributed by atoms with van der Waals surface area (Å²) in [5.74, 6) is 0.368. The third-order valence-corrected chi connectivity index (χ3v) is 4.04. The molecule has 0 amide bonds. The lowest BCUT2D eigenvalue weighted by Crippen LogP contribution is -2.03. The van der Waals surface area contributed by atoms with Crippen molar-refractivity contribution < 1.29 is 19.4 Å². The monoisotopic (exact) mass is 328 g/mol. The van der Waals surface area contributed by atoms with Crippen molar-refractivity contribution >= 4 is 5.97 Å². The first-order valence-electron chi connectivity index (χ1n) is 8.04. The molecule has 0 heterocycles. The fourth-order valence-electron chi connectivity index (χ4n) is 2.71. The van der Waals surface area contributed by atoms with Crippen molar-refractivity contribution in [2.75, 3.05) is 14.2 Å². The van der Waals surface area contributed by atoms with E-state index in [9.17, 15) is 9.90 Å². The van der Waals surface area contributed by atoms with E-state index in [2.05, 4.69) is 29.9 Å². The minimum atomic E-state index is -0.247. The van der Waals surface area contributed by atoms with Gasteiger partial charge in [0.05, 0.1) is 14.2 Å². The zero-order valence-corrected chi connectivity index (χ0v) is 14.5. The highest BCUT2D eigenvalue weighted by Gasteiger charge is 2.12. The van der Waals surface area contributed by atoms with Gasteiger partial charge in [-0.05, 0) is 48.9 Å². The first kappa shape index (κ1) is 17.9. The van der Waals surface area contributed by atoms with E-state index in [1.807, 2.05) is 12.1 Å². The van der Waals surface area contributed by atoms with Crippen LogP contribution in [0, 0.1) is 6.92 Å². The van der Waals surface area contributed by atoms with Crippen LogP contribution in [0.3, 0.4) is 0 Å². The summed E-state index contributed by atoms with van der Waals surface area (Å²) in [6.45, 7) is 2.07. The summed E-state index contributed by atoms with van der Waals surface area (Å²) in [4.78, 5) is 11.3. The van der Waals surface area contributed by atoms with Gasteiger partial charge >= 0.3 is 5.97 Å². The van der Waals surface area contributed by atoms with E-state index in [1.165, 1.54) is 25.3 Å². The Balaban J connectivity index is 2.16. The van der Waals surface area contributed by atoms with E-state index in [0.717, 1.165) is 17.5 Å². The lowest BCUT2D eigenvalue weighted by atomic mass is 9.98. The number of phenolic OH excluding ortho intramolecular Hbond substituents is 1. The van der Waals surface area contributed by atoms with Crippen molar-refractivity contribution in [2.24, 2.45) is 0 Å². The van der Waals surface area contributed by atoms with Crippen molar-refractivity contribution in [1.29, 1.82) is 0 Å². The quantitative estimate of drug-likeness (QED) is 0.789. The van der Waals surface area contributed by atoms with E-state index in [-0.39, 0.29) is 11.7 Å². The molecule has 0 saturated heterocycles. The van der Waals surface area contributed by atoms with Gasteiger partial charge < -0.3 is 14.6 Å². The Morgan fingerprint density at radius 2 is 1.83 bits per heavy atom. The zero-order chi connectivity index (χ0) is 17.5. The van der Waals surface area contributed by atoms with Gasteiger partial charge in [-0.1, -0.05) is 35.9 Å². The summed E-state index contributed by atoms with van der Waals surface area (Å²) in [5.41, 5.74) is 4.24. The van der Waals surface area contributed by atoms with Crippen molar-refractivity contribution in [3.8, 4) is 11.5 Å². The number of carbonyl (C=O) groups excluding carboxylic acids is 1. The summed E-state index contributed by atoms with van der Waals surface area (Å²) in [5, 5.41) is 10.4. The van der Waals surface area contributed by atoms with E-state index in [0.29, 0.717) is 25.0 Å². The number of carbonyl (C=O) groups is 1. The number of hydrogen-bond donors (Lipinski definition) is 1. The molecule has 2 aromatic carbocycles. The molecule has 0 aliphatic heterocycles. The van der Waals surface area contributed by atoms with Gasteiger partial charge in [0, 0.05) is 6.42 Å². The normalized spacial score (nSPS) is 10.5. The number of rotatable bonds is 7. The predicted molar refractivity (Wildman–Crippen MR) is 93.6 cm³/mol. The van der Waals surface area contributed by atoms with Gasteiger partial charge in [-0.3, -0.25) is 4.79 Å². The van der Waals surface area contributed by atoms with Gasteiger partial charge in [-0.25, -0.2) is 0 Å². The van der Waals surface area contributed by atoms with Crippen molar-refractivity contribution in [3.05, 3.63) is 58.7 Å². The number of hydrogen-bond acceptors (Lipinski definition) is 4. The number of esters is 1. The smallest absolute Gasteiger partial charge is 0.305 e. The standard InChI is InChI=1S/C20H24O4/c1-14-5-4-6-15(11-14)7-9-17-12-16(8-10-19(21)24-3)13-18(23-2)20(17)22/h4-6,11-13,22H,7-10H2,1-3H3. The minimum absolute atomic E-state index is 0.173. The Kier molecular flexibility index (Phi) is 6.24. The first-order chi connectivity index (χ1) is 11.5. The average molecular weight is 328 g/mol. The molecular weight excluding hydrogens is 304 g/mol. The molecule has 0 aliphatic carbocycles. The highest BCUT2D eigenvalue weighted by atomic mass is 16.5. The molecule has 2 rings (SSSR count). The highest BCUT2D eigenvalue weighted by Crippen LogP contribution is 2.33. The number of aromatic hydroxyl groups is 1. The third-order valence-electron chi connectivity index (χ3n) is 4.04. The summed E-state index contributed by atoms with van der Waals surface area (Å²) in [7, 11) is 2.91. The van der Waals surface area contributed by atoms with Crippen LogP contribution in [0.2, 0.25) is 0 Å². The molecule has 0 saturated carbocycles. The minimum Gasteiger partial charge on any atom is -0.504 e. The molecule has 0 fully saturated rings. The van der Waals surface area contributed by atoms with Crippen molar-refractivity contribution in [3.63, 3.8) is 0 Å². The average Bonchev–Trinajstić information content (AvgIpc) is 2.59. The second-order valence-corrected chi connectivity index (χ2v) is 5.87. The molecule has 128 valence electrons. The molecule has 4 heteroatoms. The first-order valence-corrected chi connectivity index (χ1v) is 8.04. The van der Waals surface area contributed by atoms with Gasteiger partial charge in [-0.2, -0.15) is 0 Å². The van der Waals surface area contributed by atoms with E-state index < -0.39 is 0 Å². The van der Waals surface area contributed by atoms with Crippen LogP contribution >= 0.6 is 0 Å². The fourth-order valence-corrected chi connectivity index (χ4v) is 2.71. The third kappa shape index (κ3) is 4.75. The van der Waals surface area contributed by atoms with Crippen LogP contribution in [0.1, 0.15) is 28.7 Å². The Morgan fingerprint density at radius 3 is 2.50 bits per heavy atom. The molecule has 1 N–H and O–H groups in total. The van der Waals surface area contributed by atoms with Gasteiger partial charge in [0.1, 0.15) is 0 Å². The number of ether oxygens (including phenoxy) is 2. The molecule has 0 spiro atoms. The van der Waals surface area contributed by atoms with Crippen LogP contribution in [0.25, 0.3) is 0 Å². The van der Waals surface area contributed by atoms with Crippen LogP contribution < -0.4 is 4.74 Å². The van der Waals surface area contributed by atoms with Gasteiger partial charge in [0.15, 0.2) is 11.5 Å². The lowest BCUT2D eigenvalue weighted by molar-refractivity contribution is -0.140. The zero-order valence-electron chi connectivity index (χ0n) is 14.5. The van der Waals surface area contributed by atoms with E-state index >= 15 is 0 Å². The van der Waals surface area contributed by atoms with Crippen LogP contribution in [0.5, 0.6) is 11.5 Å². The molecule has 2 aromatic rings. The second kappa shape index (κ2) is 8.39. The molecule has 0 radical (unpaired) electrons. The lowest BCUT2D eigenvalue weighted by Gasteiger charge is -2.12. The summed E-state index contributed by atoms with van der Waals surface area (Å²) < 4.78 is 9.94. The molecular formula is C20H24O4. The maximum absolute atomic E-state index is 11.3. The summed E-state index contributed by atoms with van der Waals surface area (Å²) in [6, 6.07) is 12.1. The number of benzene rings is 2. The van der Waals surface area contributed by atoms with Crippen LogP contribution in [0.4, 0.5) is 0 Å². The van der Waals surface area contributed by atoms with E-state index in [1.54, 1.807) is 6.07 Å². The van der Waals surface area contributed by atoms with Crippen molar-refractivity contribution in [2.45, 2.75) is 32.6 Å². The number of methoxy groups -OCH3 is 2. The Morgan fingerprint density at radius 1 is 1.04 bits per heavy atom. The Bertz CT molecular complexity index is 707. The maximum Gasteiger partial charge on any atom is 0.305 e. The molecule has 0 aliphatic rings. The molecule has 0 bridgehead atoms. The summed E-state index contributed by atoms with van der Waals surface area (Å²) in [6.07, 6.45) is 2.40. The van der Waals surface area contributed by atoms with Crippen LogP contribution in [-0.2, 0) is 28.8 Å². The van der Waals surface area contributed by atoms with Crippen LogP contribution in [-0.4, -0.2) is 25.3 Å². The molecule has 0 aromatic heterocycles. The van der Waals surface area contributed by atoms with Gasteiger partial charge in [-0.15, -0.1) is 0 Å². The largest absolute Gasteiger partial charge is 0.504 e. The number of phenols is 1. The Labute approximate surface area is 143 Å². The maximum atomic E-state index is 11.3. The van der Waals surface area contributed by atoms with Crippen LogP contribution in [0.15, 0.2) is 36.4 Å². The topological polar surface area (TPSA) is 55.8 Å². The van der Waals surface area contributed by atoms with E-state index in [4.69, 9.17) is 4.74 Å².